The number of nitrogens with one attached hydrogen (secondary N) is 2. The third-order valence-electron chi connectivity index (χ3n) is 3.96. The Kier molecular flexibility index (Phi) is 6.97. The largest absolute Gasteiger partial charge is 0.494 e. The number of halogens is 1. The molecule has 0 saturated carbocycles. The van der Waals surface area contributed by atoms with Gasteiger partial charge in [0.2, 0.25) is 0 Å². The van der Waals surface area contributed by atoms with Crippen molar-refractivity contribution in [2.45, 2.75) is 20.0 Å². The van der Waals surface area contributed by atoms with Gasteiger partial charge in [-0.15, -0.1) is 11.3 Å². The molecule has 1 atom stereocenters. The van der Waals surface area contributed by atoms with Crippen molar-refractivity contribution in [1.29, 1.82) is 0 Å². The SMILES string of the molecule is CCOc1ccc(-c2nc(C(=O)NNC(=O)C(C)Oc3ccccc3F)cs2)cc1. The van der Waals surface area contributed by atoms with Gasteiger partial charge in [-0.2, -0.15) is 0 Å². The summed E-state index contributed by atoms with van der Waals surface area (Å²) in [5.41, 5.74) is 5.54. The Balaban J connectivity index is 1.55. The zero-order valence-corrected chi connectivity index (χ0v) is 17.2. The van der Waals surface area contributed by atoms with E-state index >= 15 is 0 Å². The maximum absolute atomic E-state index is 13.6. The summed E-state index contributed by atoms with van der Waals surface area (Å²) in [7, 11) is 0. The maximum Gasteiger partial charge on any atom is 0.289 e. The Morgan fingerprint density at radius 2 is 1.87 bits per heavy atom. The second-order valence-corrected chi connectivity index (χ2v) is 6.99. The summed E-state index contributed by atoms with van der Waals surface area (Å²) in [6.07, 6.45) is -1.02. The lowest BCUT2D eigenvalue weighted by Crippen LogP contribution is -2.47. The molecule has 0 bridgehead atoms. The van der Waals surface area contributed by atoms with E-state index in [0.717, 1.165) is 11.3 Å². The number of ether oxygens (including phenoxy) is 2. The van der Waals surface area contributed by atoms with E-state index in [1.165, 1.54) is 36.5 Å². The van der Waals surface area contributed by atoms with E-state index in [9.17, 15) is 14.0 Å². The number of hydrogen-bond donors (Lipinski definition) is 2. The van der Waals surface area contributed by atoms with Crippen LogP contribution in [-0.2, 0) is 4.79 Å². The van der Waals surface area contributed by atoms with E-state index in [-0.39, 0.29) is 11.4 Å². The van der Waals surface area contributed by atoms with Crippen molar-refractivity contribution in [2.75, 3.05) is 6.61 Å². The average molecular weight is 429 g/mol. The Morgan fingerprint density at radius 3 is 2.57 bits per heavy atom. The van der Waals surface area contributed by atoms with Crippen LogP contribution >= 0.6 is 11.3 Å². The molecule has 0 radical (unpaired) electrons. The van der Waals surface area contributed by atoms with Crippen molar-refractivity contribution in [3.05, 3.63) is 65.4 Å². The zero-order chi connectivity index (χ0) is 21.5. The van der Waals surface area contributed by atoms with Gasteiger partial charge in [0.05, 0.1) is 6.61 Å². The molecule has 156 valence electrons. The second kappa shape index (κ2) is 9.84. The van der Waals surface area contributed by atoms with Crippen LogP contribution in [0.2, 0.25) is 0 Å². The van der Waals surface area contributed by atoms with Gasteiger partial charge < -0.3 is 9.47 Å². The molecule has 3 rings (SSSR count). The highest BCUT2D eigenvalue weighted by Crippen LogP contribution is 2.25. The third-order valence-corrected chi connectivity index (χ3v) is 4.85. The van der Waals surface area contributed by atoms with E-state index in [1.54, 1.807) is 11.4 Å². The summed E-state index contributed by atoms with van der Waals surface area (Å²) in [6.45, 7) is 3.93. The first-order valence-corrected chi connectivity index (χ1v) is 10.1. The van der Waals surface area contributed by atoms with Crippen molar-refractivity contribution in [3.63, 3.8) is 0 Å². The van der Waals surface area contributed by atoms with E-state index in [1.807, 2.05) is 31.2 Å². The Labute approximate surface area is 176 Å². The van der Waals surface area contributed by atoms with Crippen molar-refractivity contribution < 1.29 is 23.5 Å². The molecule has 30 heavy (non-hydrogen) atoms. The lowest BCUT2D eigenvalue weighted by molar-refractivity contribution is -0.128. The Morgan fingerprint density at radius 1 is 1.13 bits per heavy atom. The highest BCUT2D eigenvalue weighted by molar-refractivity contribution is 7.13. The smallest absolute Gasteiger partial charge is 0.289 e. The van der Waals surface area contributed by atoms with Gasteiger partial charge in [-0.25, -0.2) is 9.37 Å². The summed E-state index contributed by atoms with van der Waals surface area (Å²) in [5.74, 6) is -1.08. The molecule has 0 fully saturated rings. The molecule has 9 heteroatoms. The maximum atomic E-state index is 13.6. The van der Waals surface area contributed by atoms with Crippen molar-refractivity contribution in [1.82, 2.24) is 15.8 Å². The predicted molar refractivity (Wildman–Crippen MR) is 111 cm³/mol. The number of thiazole rings is 1. The Hall–Kier alpha value is -3.46. The fraction of sp³-hybridized carbons (Fsp3) is 0.190. The molecule has 1 unspecified atom stereocenters. The molecule has 0 aliphatic rings. The Bertz CT molecular complexity index is 1020. The number of benzene rings is 2. The topological polar surface area (TPSA) is 89.5 Å². The molecule has 7 nitrogen and oxygen atoms in total. The van der Waals surface area contributed by atoms with Crippen LogP contribution in [-0.4, -0.2) is 29.5 Å². The van der Waals surface area contributed by atoms with Crippen LogP contribution < -0.4 is 20.3 Å². The lowest BCUT2D eigenvalue weighted by atomic mass is 10.2. The summed E-state index contributed by atoms with van der Waals surface area (Å²) in [5, 5.41) is 2.25. The molecule has 0 aliphatic heterocycles. The molecular formula is C21H20FN3O4S. The number of para-hydroxylation sites is 1. The average Bonchev–Trinajstić information content (AvgIpc) is 3.24. The number of carbonyl (C=O) groups is 2. The molecule has 2 aromatic carbocycles. The number of carbonyl (C=O) groups excluding carboxylic acids is 2. The minimum absolute atomic E-state index is 0.0500. The fourth-order valence-corrected chi connectivity index (χ4v) is 3.25. The molecule has 2 N–H and O–H groups in total. The molecule has 0 aliphatic carbocycles. The standard InChI is InChI=1S/C21H20FN3O4S/c1-3-28-15-10-8-14(9-11-15)21-23-17(12-30-21)20(27)25-24-19(26)13(2)29-18-7-5-4-6-16(18)22/h4-13H,3H2,1-2H3,(H,24,26)(H,25,27). The van der Waals surface area contributed by atoms with Gasteiger partial charge in [-0.1, -0.05) is 12.1 Å². The predicted octanol–water partition coefficient (Wildman–Crippen LogP) is 3.58. The zero-order valence-electron chi connectivity index (χ0n) is 16.3. The monoisotopic (exact) mass is 429 g/mol. The summed E-state index contributed by atoms with van der Waals surface area (Å²) < 4.78 is 24.3. The minimum Gasteiger partial charge on any atom is -0.494 e. The molecular weight excluding hydrogens is 409 g/mol. The van der Waals surface area contributed by atoms with Gasteiger partial charge >= 0.3 is 0 Å². The fourth-order valence-electron chi connectivity index (χ4n) is 2.44. The van der Waals surface area contributed by atoms with E-state index in [2.05, 4.69) is 15.8 Å². The quantitative estimate of drug-likeness (QED) is 0.561. The molecule has 0 spiro atoms. The van der Waals surface area contributed by atoms with Gasteiger partial charge in [0.15, 0.2) is 17.7 Å². The second-order valence-electron chi connectivity index (χ2n) is 6.13. The number of hydrogen-bond acceptors (Lipinski definition) is 6. The van der Waals surface area contributed by atoms with Gasteiger partial charge in [0.25, 0.3) is 11.8 Å². The molecule has 3 aromatic rings. The molecule has 2 amide bonds. The number of hydrazine groups is 1. The molecule has 0 saturated heterocycles. The van der Waals surface area contributed by atoms with Crippen LogP contribution in [0.4, 0.5) is 4.39 Å². The van der Waals surface area contributed by atoms with Gasteiger partial charge in [0, 0.05) is 10.9 Å². The van der Waals surface area contributed by atoms with Crippen LogP contribution in [0.15, 0.2) is 53.9 Å². The summed E-state index contributed by atoms with van der Waals surface area (Å²) >= 11 is 1.30. The first-order valence-electron chi connectivity index (χ1n) is 9.18. The van der Waals surface area contributed by atoms with Crippen LogP contribution in [0.1, 0.15) is 24.3 Å². The van der Waals surface area contributed by atoms with E-state index in [4.69, 9.17) is 9.47 Å². The molecule has 1 heterocycles. The van der Waals surface area contributed by atoms with E-state index < -0.39 is 23.7 Å². The molecule has 1 aromatic heterocycles. The highest BCUT2D eigenvalue weighted by atomic mass is 32.1. The van der Waals surface area contributed by atoms with Gasteiger partial charge in [-0.05, 0) is 50.2 Å². The first-order chi connectivity index (χ1) is 14.5. The van der Waals surface area contributed by atoms with Crippen LogP contribution in [0, 0.1) is 5.82 Å². The first kappa shape index (κ1) is 21.3. The van der Waals surface area contributed by atoms with E-state index in [0.29, 0.717) is 11.6 Å². The number of rotatable bonds is 7. The van der Waals surface area contributed by atoms with Crippen molar-refractivity contribution in [3.8, 4) is 22.1 Å². The highest BCUT2D eigenvalue weighted by Gasteiger charge is 2.18. The summed E-state index contributed by atoms with van der Waals surface area (Å²) in [6, 6.07) is 13.1. The van der Waals surface area contributed by atoms with Gasteiger partial charge in [0.1, 0.15) is 16.5 Å². The lowest BCUT2D eigenvalue weighted by Gasteiger charge is -2.15. The van der Waals surface area contributed by atoms with Crippen molar-refractivity contribution in [2.24, 2.45) is 0 Å². The van der Waals surface area contributed by atoms with Crippen LogP contribution in [0.25, 0.3) is 10.6 Å². The van der Waals surface area contributed by atoms with Crippen LogP contribution in [0.3, 0.4) is 0 Å². The third kappa shape index (κ3) is 5.32. The minimum atomic E-state index is -1.02. The number of nitrogens with zero attached hydrogens (tertiary/aromatic N) is 1. The summed E-state index contributed by atoms with van der Waals surface area (Å²) in [4.78, 5) is 28.7. The van der Waals surface area contributed by atoms with Crippen molar-refractivity contribution >= 4 is 23.2 Å². The normalized spacial score (nSPS) is 11.4. The number of amides is 2. The van der Waals surface area contributed by atoms with Gasteiger partial charge in [-0.3, -0.25) is 20.4 Å². The number of aromatic nitrogens is 1. The van der Waals surface area contributed by atoms with Crippen LogP contribution in [0.5, 0.6) is 11.5 Å².